The molecule has 0 aliphatic carbocycles. The monoisotopic (exact) mass is 382 g/mol. The van der Waals surface area contributed by atoms with Crippen LogP contribution < -0.4 is 9.47 Å². The van der Waals surface area contributed by atoms with Crippen LogP contribution in [0.4, 0.5) is 4.39 Å². The van der Waals surface area contributed by atoms with E-state index >= 15 is 0 Å². The van der Waals surface area contributed by atoms with Gasteiger partial charge in [0.05, 0.1) is 20.3 Å². The van der Waals surface area contributed by atoms with Crippen LogP contribution in [0.1, 0.15) is 29.2 Å². The summed E-state index contributed by atoms with van der Waals surface area (Å²) in [6.07, 6.45) is 5.18. The molecule has 0 spiro atoms. The van der Waals surface area contributed by atoms with E-state index in [1.165, 1.54) is 17.7 Å². The molecule has 3 aromatic rings. The number of nitrogens with one attached hydrogen (secondary N) is 1. The summed E-state index contributed by atoms with van der Waals surface area (Å²) >= 11 is 0. The summed E-state index contributed by atoms with van der Waals surface area (Å²) in [6.45, 7) is 0.676. The number of hydrogen-bond acceptors (Lipinski definition) is 3. The summed E-state index contributed by atoms with van der Waals surface area (Å²) in [7, 11) is 3.24. The quantitative estimate of drug-likeness (QED) is 0.656. The highest BCUT2D eigenvalue weighted by Gasteiger charge is 2.28. The minimum Gasteiger partial charge on any atom is -0.493 e. The Hall–Kier alpha value is -3.02. The van der Waals surface area contributed by atoms with Gasteiger partial charge in [-0.05, 0) is 66.3 Å². The molecule has 2 heterocycles. The van der Waals surface area contributed by atoms with Gasteiger partial charge in [0.1, 0.15) is 5.82 Å². The molecule has 0 radical (unpaired) electrons. The number of aromatic amines is 1. The van der Waals surface area contributed by atoms with Gasteiger partial charge in [-0.25, -0.2) is 4.39 Å². The first kappa shape index (κ1) is 18.3. The predicted molar refractivity (Wildman–Crippen MR) is 105 cm³/mol. The van der Waals surface area contributed by atoms with Crippen LogP contribution in [-0.2, 0) is 17.6 Å². The average molecular weight is 382 g/mol. The van der Waals surface area contributed by atoms with Gasteiger partial charge >= 0.3 is 0 Å². The molecule has 1 aromatic heterocycles. The minimum atomic E-state index is -0.254. The zero-order chi connectivity index (χ0) is 19.7. The summed E-state index contributed by atoms with van der Waals surface area (Å²) in [4.78, 5) is 16.7. The van der Waals surface area contributed by atoms with Crippen molar-refractivity contribution in [1.29, 1.82) is 0 Å². The number of ether oxygens (including phenoxy) is 2. The van der Waals surface area contributed by atoms with Crippen LogP contribution in [0.2, 0.25) is 0 Å². The second-order valence-electron chi connectivity index (χ2n) is 7.06. The number of nitrogens with zero attached hydrogens (tertiary/aromatic N) is 1. The largest absolute Gasteiger partial charge is 0.493 e. The Kier molecular flexibility index (Phi) is 4.94. The van der Waals surface area contributed by atoms with Crippen molar-refractivity contribution in [2.45, 2.75) is 25.3 Å². The lowest BCUT2D eigenvalue weighted by Gasteiger charge is -2.35. The SMILES string of the molecule is COc1cc2c(cc1OC)[C@@H](CCc1c[nH]c3cc(F)ccc13)N(C=O)CC2. The molecular formula is C22H23FN2O3. The fourth-order valence-electron chi connectivity index (χ4n) is 4.15. The van der Waals surface area contributed by atoms with Gasteiger partial charge in [-0.15, -0.1) is 0 Å². The summed E-state index contributed by atoms with van der Waals surface area (Å²) in [5.74, 6) is 1.12. The molecule has 4 rings (SSSR count). The number of carbonyl (C=O) groups is 1. The zero-order valence-corrected chi connectivity index (χ0v) is 16.0. The molecule has 0 unspecified atom stereocenters. The molecule has 1 atom stereocenters. The first-order valence-electron chi connectivity index (χ1n) is 9.36. The molecule has 28 heavy (non-hydrogen) atoms. The van der Waals surface area contributed by atoms with Gasteiger partial charge in [0.25, 0.3) is 0 Å². The highest BCUT2D eigenvalue weighted by molar-refractivity contribution is 5.83. The van der Waals surface area contributed by atoms with Crippen molar-refractivity contribution in [3.63, 3.8) is 0 Å². The highest BCUT2D eigenvalue weighted by Crippen LogP contribution is 2.39. The number of methoxy groups -OCH3 is 2. The number of hydrogen-bond donors (Lipinski definition) is 1. The number of benzene rings is 2. The van der Waals surface area contributed by atoms with E-state index in [-0.39, 0.29) is 11.9 Å². The van der Waals surface area contributed by atoms with Crippen molar-refractivity contribution in [2.75, 3.05) is 20.8 Å². The van der Waals surface area contributed by atoms with Gasteiger partial charge in [-0.3, -0.25) is 4.79 Å². The third-order valence-corrected chi connectivity index (χ3v) is 5.60. The number of carbonyl (C=O) groups excluding carboxylic acids is 1. The third-order valence-electron chi connectivity index (χ3n) is 5.60. The number of halogens is 1. The number of aromatic nitrogens is 1. The third kappa shape index (κ3) is 3.19. The van der Waals surface area contributed by atoms with Crippen molar-refractivity contribution < 1.29 is 18.7 Å². The standard InChI is InChI=1S/C22H23FN2O3/c1-27-21-9-14-7-8-25(13-26)20(18(14)11-22(21)28-2)6-3-15-12-24-19-10-16(23)4-5-17(15)19/h4-5,9-13,20,24H,3,6-8H2,1-2H3/t20-/m1/s1. The zero-order valence-electron chi connectivity index (χ0n) is 16.0. The lowest BCUT2D eigenvalue weighted by atomic mass is 9.88. The molecule has 1 aliphatic heterocycles. The van der Waals surface area contributed by atoms with E-state index in [2.05, 4.69) is 4.98 Å². The normalized spacial score (nSPS) is 16.1. The highest BCUT2D eigenvalue weighted by atomic mass is 19.1. The fourth-order valence-corrected chi connectivity index (χ4v) is 4.15. The van der Waals surface area contributed by atoms with Crippen LogP contribution in [-0.4, -0.2) is 37.1 Å². The van der Waals surface area contributed by atoms with Gasteiger partial charge in [0.15, 0.2) is 11.5 Å². The van der Waals surface area contributed by atoms with Crippen LogP contribution >= 0.6 is 0 Å². The molecule has 146 valence electrons. The first-order valence-corrected chi connectivity index (χ1v) is 9.36. The van der Waals surface area contributed by atoms with Gasteiger partial charge in [0, 0.05) is 23.6 Å². The van der Waals surface area contributed by atoms with E-state index in [4.69, 9.17) is 9.47 Å². The van der Waals surface area contributed by atoms with E-state index in [0.29, 0.717) is 18.0 Å². The van der Waals surface area contributed by atoms with Crippen molar-refractivity contribution >= 4 is 17.3 Å². The van der Waals surface area contributed by atoms with Crippen LogP contribution in [0.5, 0.6) is 11.5 Å². The van der Waals surface area contributed by atoms with Crippen molar-refractivity contribution in [3.8, 4) is 11.5 Å². The van der Waals surface area contributed by atoms with Crippen molar-refractivity contribution in [2.24, 2.45) is 0 Å². The first-order chi connectivity index (χ1) is 13.6. The van der Waals surface area contributed by atoms with Gasteiger partial charge in [0.2, 0.25) is 6.41 Å². The molecule has 0 fully saturated rings. The topological polar surface area (TPSA) is 54.6 Å². The molecule has 0 saturated carbocycles. The Labute approximate surface area is 163 Å². The van der Waals surface area contributed by atoms with Crippen LogP contribution in [0.25, 0.3) is 10.9 Å². The Balaban J connectivity index is 1.65. The lowest BCUT2D eigenvalue weighted by Crippen LogP contribution is -2.34. The molecule has 1 aliphatic rings. The predicted octanol–water partition coefficient (Wildman–Crippen LogP) is 4.01. The van der Waals surface area contributed by atoms with E-state index < -0.39 is 0 Å². The lowest BCUT2D eigenvalue weighted by molar-refractivity contribution is -0.120. The maximum absolute atomic E-state index is 13.4. The number of aryl methyl sites for hydroxylation is 1. The van der Waals surface area contributed by atoms with Crippen molar-refractivity contribution in [3.05, 3.63) is 59.0 Å². The fraction of sp³-hybridized carbons (Fsp3) is 0.318. The smallest absolute Gasteiger partial charge is 0.210 e. The number of H-pyrrole nitrogens is 1. The van der Waals surface area contributed by atoms with Crippen LogP contribution in [0.3, 0.4) is 0 Å². The van der Waals surface area contributed by atoms with Crippen LogP contribution in [0.15, 0.2) is 36.5 Å². The second kappa shape index (κ2) is 7.54. The van der Waals surface area contributed by atoms with E-state index in [0.717, 1.165) is 47.7 Å². The second-order valence-corrected chi connectivity index (χ2v) is 7.06. The van der Waals surface area contributed by atoms with Gasteiger partial charge in [-0.2, -0.15) is 0 Å². The molecule has 6 heteroatoms. The van der Waals surface area contributed by atoms with Gasteiger partial charge in [-0.1, -0.05) is 0 Å². The molecule has 1 amide bonds. The molecule has 5 nitrogen and oxygen atoms in total. The molecule has 1 N–H and O–H groups in total. The molecule has 0 bridgehead atoms. The average Bonchev–Trinajstić information content (AvgIpc) is 3.12. The number of rotatable bonds is 6. The maximum Gasteiger partial charge on any atom is 0.210 e. The Bertz CT molecular complexity index is 1010. The van der Waals surface area contributed by atoms with Gasteiger partial charge < -0.3 is 19.4 Å². The Morgan fingerprint density at radius 2 is 2.00 bits per heavy atom. The molecule has 2 aromatic carbocycles. The molecule has 0 saturated heterocycles. The minimum absolute atomic E-state index is 0.0357. The Morgan fingerprint density at radius 1 is 1.21 bits per heavy atom. The maximum atomic E-state index is 13.4. The number of amides is 1. The summed E-state index contributed by atoms with van der Waals surface area (Å²) in [5, 5.41) is 1.02. The van der Waals surface area contributed by atoms with E-state index in [9.17, 15) is 9.18 Å². The summed E-state index contributed by atoms with van der Waals surface area (Å²) in [6, 6.07) is 8.74. The number of fused-ring (bicyclic) bond motifs is 2. The van der Waals surface area contributed by atoms with Crippen molar-refractivity contribution in [1.82, 2.24) is 9.88 Å². The van der Waals surface area contributed by atoms with Crippen LogP contribution in [0, 0.1) is 5.82 Å². The summed E-state index contributed by atoms with van der Waals surface area (Å²) < 4.78 is 24.3. The Morgan fingerprint density at radius 3 is 2.75 bits per heavy atom. The summed E-state index contributed by atoms with van der Waals surface area (Å²) in [5.41, 5.74) is 4.19. The van der Waals surface area contributed by atoms with E-state index in [1.807, 2.05) is 23.2 Å². The molecular weight excluding hydrogens is 359 g/mol. The van der Waals surface area contributed by atoms with E-state index in [1.54, 1.807) is 20.3 Å².